The molecule has 2 rings (SSSR count). The van der Waals surface area contributed by atoms with E-state index in [1.807, 2.05) is 6.92 Å². The molecule has 1 aliphatic heterocycles. The van der Waals surface area contributed by atoms with Gasteiger partial charge in [0.2, 0.25) is 0 Å². The lowest BCUT2D eigenvalue weighted by atomic mass is 9.92. The highest BCUT2D eigenvalue weighted by molar-refractivity contribution is 5.31. The van der Waals surface area contributed by atoms with Gasteiger partial charge in [-0.05, 0) is 44.2 Å². The largest absolute Gasteiger partial charge is 0.367 e. The van der Waals surface area contributed by atoms with Gasteiger partial charge in [-0.25, -0.2) is 9.97 Å². The summed E-state index contributed by atoms with van der Waals surface area (Å²) in [4.78, 5) is 9.84. The van der Waals surface area contributed by atoms with Crippen molar-refractivity contribution in [1.82, 2.24) is 15.3 Å². The first-order chi connectivity index (χ1) is 10.1. The summed E-state index contributed by atoms with van der Waals surface area (Å²) in [5.41, 5.74) is 3.39. The number of hydrogen-bond acceptors (Lipinski definition) is 4. The highest BCUT2D eigenvalue weighted by Crippen LogP contribution is 2.33. The van der Waals surface area contributed by atoms with Crippen LogP contribution in [-0.4, -0.2) is 23.1 Å². The van der Waals surface area contributed by atoms with E-state index in [0.717, 1.165) is 38.2 Å². The molecule has 0 spiro atoms. The smallest absolute Gasteiger partial charge is 0.160 e. The topological polar surface area (TPSA) is 47.0 Å². The molecule has 0 radical (unpaired) electrons. The van der Waals surface area contributed by atoms with E-state index in [-0.39, 0.29) is 5.60 Å². The molecule has 1 aromatic heterocycles. The minimum Gasteiger partial charge on any atom is -0.367 e. The van der Waals surface area contributed by atoms with Crippen LogP contribution in [-0.2, 0) is 23.3 Å². The maximum Gasteiger partial charge on any atom is 0.160 e. The lowest BCUT2D eigenvalue weighted by Gasteiger charge is -2.32. The Kier molecular flexibility index (Phi) is 5.33. The summed E-state index contributed by atoms with van der Waals surface area (Å²) in [5, 5.41) is 3.42. The van der Waals surface area contributed by atoms with Gasteiger partial charge in [-0.1, -0.05) is 27.7 Å². The normalized spacial score (nSPS) is 15.3. The molecular weight excluding hydrogens is 262 g/mol. The zero-order chi connectivity index (χ0) is 15.5. The number of fused-ring (bicyclic) bond motifs is 1. The molecule has 0 saturated heterocycles. The van der Waals surface area contributed by atoms with Gasteiger partial charge >= 0.3 is 0 Å². The Morgan fingerprint density at radius 1 is 1.19 bits per heavy atom. The number of aromatic nitrogens is 2. The van der Waals surface area contributed by atoms with Crippen LogP contribution in [0.5, 0.6) is 0 Å². The lowest BCUT2D eigenvalue weighted by Crippen LogP contribution is -2.34. The van der Waals surface area contributed by atoms with Gasteiger partial charge in [0.05, 0.1) is 11.4 Å². The summed E-state index contributed by atoms with van der Waals surface area (Å²) < 4.78 is 6.09. The maximum atomic E-state index is 6.09. The van der Waals surface area contributed by atoms with Gasteiger partial charge in [0, 0.05) is 13.2 Å². The second kappa shape index (κ2) is 6.84. The summed E-state index contributed by atoms with van der Waals surface area (Å²) in [6.07, 6.45) is 2.84. The fourth-order valence-electron chi connectivity index (χ4n) is 3.18. The SMILES string of the molecule is CCOC(CC)(CC)c1nc2c(c(C(C)C)n1)CCNC2. The third-order valence-electron chi connectivity index (χ3n) is 4.49. The van der Waals surface area contributed by atoms with E-state index in [2.05, 4.69) is 33.0 Å². The molecule has 0 unspecified atom stereocenters. The Labute approximate surface area is 128 Å². The third kappa shape index (κ3) is 3.11. The van der Waals surface area contributed by atoms with E-state index >= 15 is 0 Å². The molecule has 0 amide bonds. The zero-order valence-electron chi connectivity index (χ0n) is 14.1. The van der Waals surface area contributed by atoms with Crippen molar-refractivity contribution >= 4 is 0 Å². The summed E-state index contributed by atoms with van der Waals surface area (Å²) >= 11 is 0. The van der Waals surface area contributed by atoms with Crippen LogP contribution in [0.3, 0.4) is 0 Å². The minimum atomic E-state index is -0.342. The summed E-state index contributed by atoms with van der Waals surface area (Å²) in [7, 11) is 0. The van der Waals surface area contributed by atoms with E-state index < -0.39 is 0 Å². The van der Waals surface area contributed by atoms with E-state index in [4.69, 9.17) is 14.7 Å². The van der Waals surface area contributed by atoms with Gasteiger partial charge in [-0.2, -0.15) is 0 Å². The molecule has 21 heavy (non-hydrogen) atoms. The molecule has 0 aliphatic carbocycles. The van der Waals surface area contributed by atoms with Gasteiger partial charge in [-0.3, -0.25) is 0 Å². The van der Waals surface area contributed by atoms with Gasteiger partial charge in [0.25, 0.3) is 0 Å². The Morgan fingerprint density at radius 2 is 1.90 bits per heavy atom. The average molecular weight is 291 g/mol. The van der Waals surface area contributed by atoms with Crippen molar-refractivity contribution in [3.05, 3.63) is 22.8 Å². The summed E-state index contributed by atoms with van der Waals surface area (Å²) in [6.45, 7) is 13.4. The number of nitrogens with one attached hydrogen (secondary N) is 1. The van der Waals surface area contributed by atoms with Gasteiger partial charge in [0.15, 0.2) is 5.82 Å². The zero-order valence-corrected chi connectivity index (χ0v) is 14.1. The second-order valence-corrected chi connectivity index (χ2v) is 6.07. The molecule has 1 aromatic rings. The average Bonchev–Trinajstić information content (AvgIpc) is 2.51. The molecule has 4 heteroatoms. The first kappa shape index (κ1) is 16.4. The molecular formula is C17H29N3O. The molecule has 1 aliphatic rings. The molecule has 0 bridgehead atoms. The van der Waals surface area contributed by atoms with E-state index in [1.165, 1.54) is 17.0 Å². The number of hydrogen-bond donors (Lipinski definition) is 1. The van der Waals surface area contributed by atoms with Crippen LogP contribution in [0.4, 0.5) is 0 Å². The van der Waals surface area contributed by atoms with E-state index in [9.17, 15) is 0 Å². The van der Waals surface area contributed by atoms with E-state index in [0.29, 0.717) is 12.5 Å². The molecule has 1 N–H and O–H groups in total. The highest BCUT2D eigenvalue weighted by atomic mass is 16.5. The molecule has 2 heterocycles. The quantitative estimate of drug-likeness (QED) is 0.873. The number of rotatable bonds is 6. The second-order valence-electron chi connectivity index (χ2n) is 6.07. The number of nitrogens with zero attached hydrogens (tertiary/aromatic N) is 2. The van der Waals surface area contributed by atoms with Gasteiger partial charge < -0.3 is 10.1 Å². The van der Waals surface area contributed by atoms with Crippen LogP contribution < -0.4 is 5.32 Å². The molecule has 0 aromatic carbocycles. The van der Waals surface area contributed by atoms with Crippen molar-refractivity contribution in [2.24, 2.45) is 0 Å². The van der Waals surface area contributed by atoms with Gasteiger partial charge in [0.1, 0.15) is 5.60 Å². The highest BCUT2D eigenvalue weighted by Gasteiger charge is 2.34. The van der Waals surface area contributed by atoms with Crippen LogP contribution >= 0.6 is 0 Å². The van der Waals surface area contributed by atoms with Crippen molar-refractivity contribution in [3.8, 4) is 0 Å². The van der Waals surface area contributed by atoms with Crippen molar-refractivity contribution < 1.29 is 4.74 Å². The van der Waals surface area contributed by atoms with Crippen LogP contribution in [0.2, 0.25) is 0 Å². The van der Waals surface area contributed by atoms with Crippen molar-refractivity contribution in [1.29, 1.82) is 0 Å². The van der Waals surface area contributed by atoms with Crippen LogP contribution in [0, 0.1) is 0 Å². The molecule has 0 saturated carbocycles. The first-order valence-corrected chi connectivity index (χ1v) is 8.32. The predicted molar refractivity (Wildman–Crippen MR) is 85.4 cm³/mol. The van der Waals surface area contributed by atoms with Crippen molar-refractivity contribution in [3.63, 3.8) is 0 Å². The molecule has 0 fully saturated rings. The number of ether oxygens (including phenoxy) is 1. The van der Waals surface area contributed by atoms with Crippen LogP contribution in [0.1, 0.15) is 76.2 Å². The molecule has 4 nitrogen and oxygen atoms in total. The lowest BCUT2D eigenvalue weighted by molar-refractivity contribution is -0.0575. The molecule has 0 atom stereocenters. The predicted octanol–water partition coefficient (Wildman–Crippen LogP) is 3.30. The van der Waals surface area contributed by atoms with Crippen LogP contribution in [0.15, 0.2) is 0 Å². The van der Waals surface area contributed by atoms with Crippen molar-refractivity contribution in [2.75, 3.05) is 13.2 Å². The monoisotopic (exact) mass is 291 g/mol. The maximum absolute atomic E-state index is 6.09. The fourth-order valence-corrected chi connectivity index (χ4v) is 3.18. The first-order valence-electron chi connectivity index (χ1n) is 8.32. The third-order valence-corrected chi connectivity index (χ3v) is 4.49. The summed E-state index contributed by atoms with van der Waals surface area (Å²) in [5.74, 6) is 1.30. The van der Waals surface area contributed by atoms with Crippen LogP contribution in [0.25, 0.3) is 0 Å². The van der Waals surface area contributed by atoms with Crippen molar-refractivity contribution in [2.45, 2.75) is 71.9 Å². The Bertz CT molecular complexity index is 481. The Balaban J connectivity index is 2.55. The fraction of sp³-hybridized carbons (Fsp3) is 0.765. The van der Waals surface area contributed by atoms with Gasteiger partial charge in [-0.15, -0.1) is 0 Å². The summed E-state index contributed by atoms with van der Waals surface area (Å²) in [6, 6.07) is 0. The van der Waals surface area contributed by atoms with E-state index in [1.54, 1.807) is 0 Å². The standard InChI is InChI=1S/C17H29N3O/c1-6-17(7-2,21-8-3)16-19-14-11-18-10-9-13(14)15(20-16)12(4)5/h12,18H,6-11H2,1-5H3. The Hall–Kier alpha value is -1.00. The Morgan fingerprint density at radius 3 is 2.48 bits per heavy atom. The minimum absolute atomic E-state index is 0.342. The molecule has 118 valence electrons.